The highest BCUT2D eigenvalue weighted by Gasteiger charge is 2.19. The minimum atomic E-state index is 0.0544. The summed E-state index contributed by atoms with van der Waals surface area (Å²) >= 11 is 0. The number of nitrogens with zero attached hydrogens (tertiary/aromatic N) is 5. The van der Waals surface area contributed by atoms with Gasteiger partial charge in [0.25, 0.3) is 0 Å². The van der Waals surface area contributed by atoms with Crippen molar-refractivity contribution in [2.75, 3.05) is 7.11 Å². The van der Waals surface area contributed by atoms with Crippen LogP contribution in [0.1, 0.15) is 22.7 Å². The van der Waals surface area contributed by atoms with Crippen LogP contribution < -0.4 is 4.74 Å². The number of methoxy groups -OCH3 is 1. The van der Waals surface area contributed by atoms with Crippen molar-refractivity contribution in [2.24, 2.45) is 0 Å². The van der Waals surface area contributed by atoms with Crippen molar-refractivity contribution < 1.29 is 14.3 Å². The van der Waals surface area contributed by atoms with Gasteiger partial charge in [0, 0.05) is 30.6 Å². The van der Waals surface area contributed by atoms with Crippen LogP contribution in [0, 0.1) is 0 Å². The number of ether oxygens (including phenoxy) is 1. The summed E-state index contributed by atoms with van der Waals surface area (Å²) in [5.41, 5.74) is 4.28. The Hall–Kier alpha value is -4.20. The van der Waals surface area contributed by atoms with Crippen molar-refractivity contribution in [3.63, 3.8) is 0 Å². The van der Waals surface area contributed by atoms with Crippen molar-refractivity contribution in [3.05, 3.63) is 90.0 Å². The zero-order valence-electron chi connectivity index (χ0n) is 16.8. The molecule has 1 aromatic carbocycles. The third kappa shape index (κ3) is 3.71. The summed E-state index contributed by atoms with van der Waals surface area (Å²) < 4.78 is 12.1. The Morgan fingerprint density at radius 1 is 0.968 bits per heavy atom. The second-order valence-electron chi connectivity index (χ2n) is 7.03. The minimum Gasteiger partial charge on any atom is -0.493 e. The van der Waals surface area contributed by atoms with Gasteiger partial charge in [-0.3, -0.25) is 4.40 Å². The molecule has 4 heterocycles. The number of aromatic nitrogens is 5. The monoisotopic (exact) mass is 413 g/mol. The molecular formula is C23H19N5O3. The van der Waals surface area contributed by atoms with E-state index in [0.717, 1.165) is 17.0 Å². The molecule has 0 aliphatic carbocycles. The van der Waals surface area contributed by atoms with Gasteiger partial charge in [-0.05, 0) is 17.7 Å². The summed E-state index contributed by atoms with van der Waals surface area (Å²) in [6.07, 6.45) is 7.57. The average molecular weight is 413 g/mol. The van der Waals surface area contributed by atoms with E-state index < -0.39 is 0 Å². The molecule has 4 aromatic heterocycles. The molecule has 0 fully saturated rings. The standard InChI is InChI=1S/C23H19N5O3/c1-30-23-24-12-16(13-25-23)20-14-28-21(18(26-20)10-15-6-3-2-4-7-15)27-19(22(28)29)11-17-8-5-9-31-17/h2-9,12-14,29H,10-11H2,1H3. The van der Waals surface area contributed by atoms with Crippen LogP contribution in [0.2, 0.25) is 0 Å². The van der Waals surface area contributed by atoms with E-state index in [4.69, 9.17) is 14.1 Å². The second-order valence-corrected chi connectivity index (χ2v) is 7.03. The first kappa shape index (κ1) is 18.8. The van der Waals surface area contributed by atoms with Gasteiger partial charge in [0.05, 0.1) is 31.2 Å². The lowest BCUT2D eigenvalue weighted by molar-refractivity contribution is 0.380. The maximum atomic E-state index is 10.9. The van der Waals surface area contributed by atoms with Gasteiger partial charge in [0.1, 0.15) is 11.5 Å². The quantitative estimate of drug-likeness (QED) is 0.453. The van der Waals surface area contributed by atoms with E-state index in [1.807, 2.05) is 42.5 Å². The molecule has 0 radical (unpaired) electrons. The maximum absolute atomic E-state index is 10.9. The van der Waals surface area contributed by atoms with Crippen LogP contribution >= 0.6 is 0 Å². The SMILES string of the molecule is COc1ncc(-c2cn3c(O)c(Cc4ccco4)nc3c(Cc3ccccc3)n2)cn1. The van der Waals surface area contributed by atoms with E-state index in [2.05, 4.69) is 15.0 Å². The van der Waals surface area contributed by atoms with E-state index in [1.165, 1.54) is 7.11 Å². The predicted molar refractivity (Wildman–Crippen MR) is 113 cm³/mol. The molecular weight excluding hydrogens is 394 g/mol. The van der Waals surface area contributed by atoms with E-state index in [0.29, 0.717) is 35.4 Å². The first-order valence-corrected chi connectivity index (χ1v) is 9.74. The van der Waals surface area contributed by atoms with Gasteiger partial charge in [-0.25, -0.2) is 19.9 Å². The van der Waals surface area contributed by atoms with Crippen LogP contribution in [0.15, 0.2) is 71.7 Å². The van der Waals surface area contributed by atoms with Crippen molar-refractivity contribution in [1.29, 1.82) is 0 Å². The van der Waals surface area contributed by atoms with Gasteiger partial charge < -0.3 is 14.3 Å². The Bertz CT molecular complexity index is 1310. The third-order valence-electron chi connectivity index (χ3n) is 4.96. The van der Waals surface area contributed by atoms with Gasteiger partial charge in [-0.1, -0.05) is 30.3 Å². The molecule has 0 unspecified atom stereocenters. The van der Waals surface area contributed by atoms with Gasteiger partial charge in [-0.2, -0.15) is 0 Å². The summed E-state index contributed by atoms with van der Waals surface area (Å²) in [5.74, 6) is 0.777. The highest BCUT2D eigenvalue weighted by atomic mass is 16.5. The number of hydrogen-bond donors (Lipinski definition) is 1. The Balaban J connectivity index is 1.64. The number of fused-ring (bicyclic) bond motifs is 1. The number of hydrogen-bond acceptors (Lipinski definition) is 7. The van der Waals surface area contributed by atoms with Crippen molar-refractivity contribution >= 4 is 5.65 Å². The van der Waals surface area contributed by atoms with Crippen LogP contribution in [0.3, 0.4) is 0 Å². The molecule has 5 rings (SSSR count). The Kier molecular flexibility index (Phi) is 4.80. The van der Waals surface area contributed by atoms with Crippen molar-refractivity contribution in [1.82, 2.24) is 24.3 Å². The maximum Gasteiger partial charge on any atom is 0.316 e. The largest absolute Gasteiger partial charge is 0.493 e. The number of aromatic hydroxyl groups is 1. The first-order chi connectivity index (χ1) is 15.2. The minimum absolute atomic E-state index is 0.0544. The summed E-state index contributed by atoms with van der Waals surface area (Å²) in [4.78, 5) is 17.9. The fraction of sp³-hybridized carbons (Fsp3) is 0.130. The molecule has 1 N–H and O–H groups in total. The molecule has 0 spiro atoms. The molecule has 0 amide bonds. The van der Waals surface area contributed by atoms with E-state index >= 15 is 0 Å². The number of benzene rings is 1. The van der Waals surface area contributed by atoms with Gasteiger partial charge >= 0.3 is 6.01 Å². The van der Waals surface area contributed by atoms with Gasteiger partial charge in [0.2, 0.25) is 5.88 Å². The van der Waals surface area contributed by atoms with Crippen molar-refractivity contribution in [3.8, 4) is 23.1 Å². The molecule has 0 saturated carbocycles. The fourth-order valence-corrected chi connectivity index (χ4v) is 3.44. The van der Waals surface area contributed by atoms with Crippen molar-refractivity contribution in [2.45, 2.75) is 12.8 Å². The molecule has 0 bridgehead atoms. The highest BCUT2D eigenvalue weighted by molar-refractivity contribution is 5.62. The summed E-state index contributed by atoms with van der Waals surface area (Å²) in [6.45, 7) is 0. The van der Waals surface area contributed by atoms with Crippen LogP contribution in [0.5, 0.6) is 11.9 Å². The average Bonchev–Trinajstić information content (AvgIpc) is 3.43. The summed E-state index contributed by atoms with van der Waals surface area (Å²) in [6, 6.07) is 14.0. The van der Waals surface area contributed by atoms with E-state index in [1.54, 1.807) is 29.3 Å². The van der Waals surface area contributed by atoms with Gasteiger partial charge in [-0.15, -0.1) is 0 Å². The third-order valence-corrected chi connectivity index (χ3v) is 4.96. The lowest BCUT2D eigenvalue weighted by atomic mass is 10.1. The number of imidazole rings is 1. The molecule has 0 aliphatic rings. The fourth-order valence-electron chi connectivity index (χ4n) is 3.44. The van der Waals surface area contributed by atoms with E-state index in [9.17, 15) is 5.11 Å². The second kappa shape index (κ2) is 7.91. The van der Waals surface area contributed by atoms with Crippen LogP contribution in [0.4, 0.5) is 0 Å². The molecule has 8 heteroatoms. The predicted octanol–water partition coefficient (Wildman–Crippen LogP) is 3.68. The highest BCUT2D eigenvalue weighted by Crippen LogP contribution is 2.28. The van der Waals surface area contributed by atoms with E-state index in [-0.39, 0.29) is 11.9 Å². The lowest BCUT2D eigenvalue weighted by Crippen LogP contribution is -2.01. The molecule has 0 aliphatic heterocycles. The Labute approximate surface area is 177 Å². The smallest absolute Gasteiger partial charge is 0.316 e. The Morgan fingerprint density at radius 3 is 2.48 bits per heavy atom. The molecule has 31 heavy (non-hydrogen) atoms. The summed E-state index contributed by atoms with van der Waals surface area (Å²) in [7, 11) is 1.52. The number of furan rings is 1. The first-order valence-electron chi connectivity index (χ1n) is 9.74. The Morgan fingerprint density at radius 2 is 1.77 bits per heavy atom. The van der Waals surface area contributed by atoms with Crippen LogP contribution in [0.25, 0.3) is 16.9 Å². The summed E-state index contributed by atoms with van der Waals surface area (Å²) in [5, 5.41) is 10.9. The molecule has 0 saturated heterocycles. The van der Waals surface area contributed by atoms with Crippen LogP contribution in [-0.4, -0.2) is 36.6 Å². The molecule has 8 nitrogen and oxygen atoms in total. The normalized spacial score (nSPS) is 11.1. The van der Waals surface area contributed by atoms with Crippen LogP contribution in [-0.2, 0) is 12.8 Å². The molecule has 154 valence electrons. The zero-order chi connectivity index (χ0) is 21.2. The molecule has 5 aromatic rings. The topological polar surface area (TPSA) is 98.6 Å². The molecule has 0 atom stereocenters. The van der Waals surface area contributed by atoms with Gasteiger partial charge in [0.15, 0.2) is 5.65 Å². The lowest BCUT2D eigenvalue weighted by Gasteiger charge is -2.08. The number of rotatable bonds is 6. The zero-order valence-corrected chi connectivity index (χ0v) is 16.8.